The minimum Gasteiger partial charge on any atom is -0.478 e. The van der Waals surface area contributed by atoms with Gasteiger partial charge in [-0.1, -0.05) is 11.9 Å². The molecule has 2 N–H and O–H groups in total. The van der Waals surface area contributed by atoms with Crippen molar-refractivity contribution in [2.45, 2.75) is 6.92 Å². The summed E-state index contributed by atoms with van der Waals surface area (Å²) in [5.41, 5.74) is 0.945. The molecule has 4 nitrogen and oxygen atoms in total. The maximum Gasteiger partial charge on any atom is 0.335 e. The van der Waals surface area contributed by atoms with E-state index in [1.165, 1.54) is 24.1 Å². The average molecular weight is 198 g/mol. The van der Waals surface area contributed by atoms with Crippen molar-refractivity contribution in [2.24, 2.45) is 0 Å². The second-order valence-electron chi connectivity index (χ2n) is 2.49. The fourth-order valence-corrected chi connectivity index (χ4v) is 1.26. The monoisotopic (exact) mass is 198 g/mol. The third-order valence-corrected chi connectivity index (χ3v) is 1.82. The lowest BCUT2D eigenvalue weighted by atomic mass is 10.2. The highest BCUT2D eigenvalue weighted by Crippen LogP contribution is 2.12. The van der Waals surface area contributed by atoms with Gasteiger partial charge in [0, 0.05) is 11.9 Å². The molecule has 0 aliphatic rings. The number of carboxylic acids is 1. The number of pyridine rings is 1. The minimum absolute atomic E-state index is 0.254. The van der Waals surface area contributed by atoms with Gasteiger partial charge in [0.2, 0.25) is 0 Å². The summed E-state index contributed by atoms with van der Waals surface area (Å²) in [6, 6.07) is 3.04. The van der Waals surface area contributed by atoms with Crippen LogP contribution in [0.3, 0.4) is 0 Å². The molecular weight excluding hydrogens is 188 g/mol. The summed E-state index contributed by atoms with van der Waals surface area (Å²) >= 11 is 1.38. The number of anilines is 1. The molecule has 0 aromatic carbocycles. The highest BCUT2D eigenvalue weighted by atomic mass is 32.2. The van der Waals surface area contributed by atoms with Crippen LogP contribution in [0.4, 0.5) is 5.82 Å². The van der Waals surface area contributed by atoms with Gasteiger partial charge in [0.15, 0.2) is 0 Å². The van der Waals surface area contributed by atoms with Crippen LogP contribution in [0.1, 0.15) is 16.1 Å². The number of nitrogens with zero attached hydrogens (tertiary/aromatic N) is 1. The third-order valence-electron chi connectivity index (χ3n) is 1.41. The summed E-state index contributed by atoms with van der Waals surface area (Å²) in [7, 11) is 0. The summed E-state index contributed by atoms with van der Waals surface area (Å²) in [5.74, 6) is -0.362. The van der Waals surface area contributed by atoms with E-state index in [0.717, 1.165) is 0 Å². The Labute approximate surface area is 80.5 Å². The van der Waals surface area contributed by atoms with Crippen molar-refractivity contribution in [3.8, 4) is 0 Å². The highest BCUT2D eigenvalue weighted by molar-refractivity contribution is 7.99. The molecule has 1 rings (SSSR count). The zero-order valence-corrected chi connectivity index (χ0v) is 8.18. The van der Waals surface area contributed by atoms with Crippen molar-refractivity contribution in [1.29, 1.82) is 0 Å². The summed E-state index contributed by atoms with van der Waals surface area (Å²) in [6.45, 7) is 1.76. The molecule has 0 amide bonds. The Morgan fingerprint density at radius 3 is 2.85 bits per heavy atom. The zero-order chi connectivity index (χ0) is 9.84. The lowest BCUT2D eigenvalue weighted by Gasteiger charge is -2.03. The number of aromatic nitrogens is 1. The second kappa shape index (κ2) is 4.13. The first-order valence-electron chi connectivity index (χ1n) is 3.64. The predicted octanol–water partition coefficient (Wildman–Crippen LogP) is 1.78. The summed E-state index contributed by atoms with van der Waals surface area (Å²) in [5, 5.41) is 8.74. The summed E-state index contributed by atoms with van der Waals surface area (Å²) < 4.78 is 2.89. The van der Waals surface area contributed by atoms with Crippen LogP contribution >= 0.6 is 11.9 Å². The van der Waals surface area contributed by atoms with E-state index >= 15 is 0 Å². The highest BCUT2D eigenvalue weighted by Gasteiger charge is 2.05. The number of hydrogen-bond donors (Lipinski definition) is 2. The molecule has 0 spiro atoms. The number of hydrogen-bond acceptors (Lipinski definition) is 4. The van der Waals surface area contributed by atoms with Gasteiger partial charge in [-0.2, -0.15) is 0 Å². The fraction of sp³-hybridized carbons (Fsp3) is 0.250. The van der Waals surface area contributed by atoms with Crippen molar-refractivity contribution >= 4 is 23.7 Å². The Morgan fingerprint density at radius 2 is 2.31 bits per heavy atom. The van der Waals surface area contributed by atoms with E-state index in [4.69, 9.17) is 5.11 Å². The van der Waals surface area contributed by atoms with Gasteiger partial charge in [-0.25, -0.2) is 9.78 Å². The van der Waals surface area contributed by atoms with Gasteiger partial charge < -0.3 is 9.83 Å². The van der Waals surface area contributed by atoms with E-state index in [0.29, 0.717) is 11.5 Å². The Bertz CT molecular complexity index is 328. The van der Waals surface area contributed by atoms with Crippen LogP contribution < -0.4 is 4.72 Å². The van der Waals surface area contributed by atoms with E-state index in [2.05, 4.69) is 9.71 Å². The van der Waals surface area contributed by atoms with Crippen molar-refractivity contribution < 1.29 is 9.90 Å². The lowest BCUT2D eigenvalue weighted by Crippen LogP contribution is -2.00. The van der Waals surface area contributed by atoms with E-state index in [9.17, 15) is 4.79 Å². The van der Waals surface area contributed by atoms with Crippen LogP contribution in [0, 0.1) is 6.92 Å². The van der Waals surface area contributed by atoms with E-state index in [1.54, 1.807) is 6.92 Å². The molecule has 1 aromatic heterocycles. The Morgan fingerprint density at radius 1 is 1.62 bits per heavy atom. The maximum atomic E-state index is 10.6. The molecule has 0 saturated carbocycles. The number of rotatable bonds is 3. The topological polar surface area (TPSA) is 62.2 Å². The predicted molar refractivity (Wildman–Crippen MR) is 53.1 cm³/mol. The first-order chi connectivity index (χ1) is 6.13. The molecule has 0 atom stereocenters. The molecule has 0 bridgehead atoms. The van der Waals surface area contributed by atoms with Crippen LogP contribution in [0.2, 0.25) is 0 Å². The van der Waals surface area contributed by atoms with E-state index < -0.39 is 5.97 Å². The van der Waals surface area contributed by atoms with Crippen LogP contribution in [0.25, 0.3) is 0 Å². The maximum absolute atomic E-state index is 10.6. The number of aryl methyl sites for hydroxylation is 1. The van der Waals surface area contributed by atoms with Crippen molar-refractivity contribution in [3.63, 3.8) is 0 Å². The SMILES string of the molecule is CSNc1cc(C(=O)O)cc(C)n1. The number of aromatic carboxylic acids is 1. The van der Waals surface area contributed by atoms with Gasteiger partial charge in [-0.3, -0.25) is 0 Å². The average Bonchev–Trinajstić information content (AvgIpc) is 2.03. The van der Waals surface area contributed by atoms with Gasteiger partial charge in [0.25, 0.3) is 0 Å². The van der Waals surface area contributed by atoms with Crippen LogP contribution in [-0.4, -0.2) is 22.3 Å². The Hall–Kier alpha value is -1.23. The van der Waals surface area contributed by atoms with Crippen LogP contribution in [0.15, 0.2) is 12.1 Å². The standard InChI is InChI=1S/C8H10N2O2S/c1-5-3-6(8(11)12)4-7(9-5)10-13-2/h3-4H,1-2H3,(H,9,10)(H,11,12). The molecule has 0 unspecified atom stereocenters. The van der Waals surface area contributed by atoms with Gasteiger partial charge in [0.05, 0.1) is 5.56 Å². The van der Waals surface area contributed by atoms with Gasteiger partial charge in [-0.05, 0) is 19.1 Å². The Kier molecular flexibility index (Phi) is 3.13. The molecule has 1 heterocycles. The summed E-state index contributed by atoms with van der Waals surface area (Å²) in [4.78, 5) is 14.8. The lowest BCUT2D eigenvalue weighted by molar-refractivity contribution is 0.0696. The van der Waals surface area contributed by atoms with Gasteiger partial charge in [-0.15, -0.1) is 0 Å². The molecule has 0 aliphatic carbocycles. The molecule has 0 aliphatic heterocycles. The number of carbonyl (C=O) groups is 1. The molecule has 1 aromatic rings. The molecule has 5 heteroatoms. The first kappa shape index (κ1) is 9.85. The number of nitrogens with one attached hydrogen (secondary N) is 1. The molecule has 0 fully saturated rings. The van der Waals surface area contributed by atoms with E-state index in [-0.39, 0.29) is 5.56 Å². The third kappa shape index (κ3) is 2.62. The smallest absolute Gasteiger partial charge is 0.335 e. The Balaban J connectivity index is 3.03. The largest absolute Gasteiger partial charge is 0.478 e. The quantitative estimate of drug-likeness (QED) is 0.725. The molecule has 0 saturated heterocycles. The first-order valence-corrected chi connectivity index (χ1v) is 4.87. The fourth-order valence-electron chi connectivity index (χ4n) is 0.949. The van der Waals surface area contributed by atoms with Gasteiger partial charge in [0.1, 0.15) is 5.82 Å². The van der Waals surface area contributed by atoms with Crippen molar-refractivity contribution in [2.75, 3.05) is 11.0 Å². The molecule has 0 radical (unpaired) electrons. The molecule has 70 valence electrons. The van der Waals surface area contributed by atoms with Crippen molar-refractivity contribution in [3.05, 3.63) is 23.4 Å². The van der Waals surface area contributed by atoms with Crippen LogP contribution in [0.5, 0.6) is 0 Å². The number of carboxylic acid groups (broad SMARTS) is 1. The van der Waals surface area contributed by atoms with Crippen LogP contribution in [-0.2, 0) is 0 Å². The molecular formula is C8H10N2O2S. The minimum atomic E-state index is -0.936. The van der Waals surface area contributed by atoms with Crippen molar-refractivity contribution in [1.82, 2.24) is 4.98 Å². The normalized spacial score (nSPS) is 9.69. The van der Waals surface area contributed by atoms with E-state index in [1.807, 2.05) is 6.26 Å². The zero-order valence-electron chi connectivity index (χ0n) is 7.37. The summed E-state index contributed by atoms with van der Waals surface area (Å²) in [6.07, 6.45) is 1.85. The van der Waals surface area contributed by atoms with Gasteiger partial charge >= 0.3 is 5.97 Å². The second-order valence-corrected chi connectivity index (χ2v) is 3.11. The molecule has 13 heavy (non-hydrogen) atoms.